The Morgan fingerprint density at radius 1 is 0.486 bits per heavy atom. The van der Waals surface area contributed by atoms with Crippen molar-refractivity contribution in [3.8, 4) is 0 Å². The summed E-state index contributed by atoms with van der Waals surface area (Å²) < 4.78 is 23.6. The van der Waals surface area contributed by atoms with Crippen molar-refractivity contribution in [1.29, 1.82) is 0 Å². The topological polar surface area (TPSA) is 105 Å². The molecule has 0 radical (unpaired) electrons. The van der Waals surface area contributed by atoms with Crippen LogP contribution >= 0.6 is 7.82 Å². The fraction of sp³-hybridized carbons (Fsp3) is 0.635. The molecule has 8 nitrogen and oxygen atoms in total. The number of phosphoric ester groups is 1. The number of unbranched alkanes of at least 4 members (excludes halogenated alkanes) is 17. The van der Waals surface area contributed by atoms with Gasteiger partial charge in [0.25, 0.3) is 0 Å². The summed E-state index contributed by atoms with van der Waals surface area (Å²) in [5.74, 6) is -0.207. The van der Waals surface area contributed by atoms with Gasteiger partial charge >= 0.3 is 7.82 Å². The number of phosphoric acid groups is 1. The molecule has 0 fully saturated rings. The molecule has 3 N–H and O–H groups in total. The molecule has 0 aromatic rings. The molecule has 0 aromatic carbocycles. The summed E-state index contributed by atoms with van der Waals surface area (Å²) in [6.07, 6.45) is 79.7. The standard InChI is InChI=1S/C63H107N2O6P/c1-6-8-10-12-14-16-18-20-22-23-24-25-26-27-28-29-30-31-32-33-34-35-36-37-38-39-40-41-43-45-47-49-51-53-55-57-63(67)64-61(60-71-72(68,69)70-59-58-65(3,4)5)62(66)56-54-52-50-48-46-44-42-21-19-17-15-13-11-9-7-2/h8,10,14,16,20,22,24-25,27-28,30-31,33-34,36-37,39-40,43,45,54,56,61-62,66H,6-7,9,11-13,15,17-19,21,23,26,29,32,35,38,41-42,44,46-53,55,57-60H2,1-5H3,(H-,64,67,68,69)/p+1/b10-8-,16-14-,22-20-,25-24-,28-27-,31-30-,34-33-,37-36-,40-39-,45-43-,56-54+. The SMILES string of the molecule is CC/C=C\C/C=C\C/C=C\C/C=C\C/C=C\C/C=C\C/C=C\C/C=C\C/C=C\C/C=C\CCCCCCC(=O)NC(COP(=O)(O)OCC[N+](C)(C)C)C(O)/C=C/CCCCCCCCCCCCCCC. The molecule has 410 valence electrons. The number of amides is 1. The monoisotopic (exact) mass is 1020 g/mol. The average Bonchev–Trinajstić information content (AvgIpc) is 3.34. The van der Waals surface area contributed by atoms with Crippen molar-refractivity contribution in [3.05, 3.63) is 134 Å². The van der Waals surface area contributed by atoms with E-state index in [1.54, 1.807) is 6.08 Å². The molecule has 1 amide bonds. The Morgan fingerprint density at radius 3 is 1.22 bits per heavy atom. The molecule has 0 spiro atoms. The molecular weight excluding hydrogens is 912 g/mol. The molecule has 72 heavy (non-hydrogen) atoms. The Morgan fingerprint density at radius 2 is 0.833 bits per heavy atom. The van der Waals surface area contributed by atoms with Gasteiger partial charge in [-0.25, -0.2) is 4.57 Å². The number of hydrogen-bond acceptors (Lipinski definition) is 5. The zero-order valence-corrected chi connectivity index (χ0v) is 47.5. The van der Waals surface area contributed by atoms with Crippen molar-refractivity contribution in [2.45, 2.75) is 219 Å². The van der Waals surface area contributed by atoms with Gasteiger partial charge in [-0.2, -0.15) is 0 Å². The van der Waals surface area contributed by atoms with Crippen molar-refractivity contribution in [2.75, 3.05) is 40.9 Å². The van der Waals surface area contributed by atoms with Gasteiger partial charge in [-0.05, 0) is 96.3 Å². The van der Waals surface area contributed by atoms with Gasteiger partial charge in [0.1, 0.15) is 13.2 Å². The number of aliphatic hydroxyl groups excluding tert-OH is 1. The Labute approximate surface area is 443 Å². The van der Waals surface area contributed by atoms with Crippen molar-refractivity contribution in [2.24, 2.45) is 0 Å². The third-order valence-corrected chi connectivity index (χ3v) is 12.9. The predicted octanol–water partition coefficient (Wildman–Crippen LogP) is 17.5. The minimum atomic E-state index is -4.36. The van der Waals surface area contributed by atoms with Crippen LogP contribution in [0.15, 0.2) is 134 Å². The molecule has 0 rings (SSSR count). The van der Waals surface area contributed by atoms with Gasteiger partial charge in [-0.1, -0.05) is 237 Å². The highest BCUT2D eigenvalue weighted by atomic mass is 31.2. The molecule has 3 unspecified atom stereocenters. The van der Waals surface area contributed by atoms with Crippen molar-refractivity contribution in [1.82, 2.24) is 5.32 Å². The lowest BCUT2D eigenvalue weighted by atomic mass is 10.0. The van der Waals surface area contributed by atoms with E-state index in [0.717, 1.165) is 116 Å². The van der Waals surface area contributed by atoms with E-state index in [-0.39, 0.29) is 19.1 Å². The van der Waals surface area contributed by atoms with Gasteiger partial charge in [0.2, 0.25) is 5.91 Å². The van der Waals surface area contributed by atoms with Crippen LogP contribution < -0.4 is 5.32 Å². The van der Waals surface area contributed by atoms with E-state index in [9.17, 15) is 19.4 Å². The first-order valence-electron chi connectivity index (χ1n) is 28.6. The number of aliphatic hydroxyl groups is 1. The van der Waals surface area contributed by atoms with Crippen LogP contribution in [0.1, 0.15) is 206 Å². The van der Waals surface area contributed by atoms with Crippen molar-refractivity contribution >= 4 is 13.7 Å². The Balaban J connectivity index is 4.28. The van der Waals surface area contributed by atoms with Gasteiger partial charge in [-0.3, -0.25) is 13.8 Å². The second kappa shape index (κ2) is 52.5. The maximum Gasteiger partial charge on any atom is 0.472 e. The summed E-state index contributed by atoms with van der Waals surface area (Å²) >= 11 is 0. The highest BCUT2D eigenvalue weighted by Gasteiger charge is 2.27. The number of rotatable bonds is 50. The number of carbonyl (C=O) groups excluding carboxylic acids is 1. The van der Waals surface area contributed by atoms with Crippen LogP contribution in [-0.2, 0) is 18.4 Å². The Bertz CT molecular complexity index is 1630. The number of nitrogens with one attached hydrogen (secondary N) is 1. The fourth-order valence-corrected chi connectivity index (χ4v) is 8.16. The van der Waals surface area contributed by atoms with E-state index >= 15 is 0 Å². The average molecular weight is 1020 g/mol. The molecule has 0 aromatic heterocycles. The zero-order valence-electron chi connectivity index (χ0n) is 46.6. The maximum absolute atomic E-state index is 13.0. The summed E-state index contributed by atoms with van der Waals surface area (Å²) in [4.78, 5) is 23.3. The van der Waals surface area contributed by atoms with Gasteiger partial charge in [0.15, 0.2) is 0 Å². The fourth-order valence-electron chi connectivity index (χ4n) is 7.42. The molecule has 0 saturated carbocycles. The Hall–Kier alpha value is -3.36. The molecule has 0 heterocycles. The zero-order chi connectivity index (χ0) is 52.7. The van der Waals surface area contributed by atoms with Crippen molar-refractivity contribution in [3.63, 3.8) is 0 Å². The highest BCUT2D eigenvalue weighted by molar-refractivity contribution is 7.47. The molecule has 0 aliphatic carbocycles. The lowest BCUT2D eigenvalue weighted by molar-refractivity contribution is -0.870. The normalized spacial score (nSPS) is 14.9. The van der Waals surface area contributed by atoms with E-state index in [1.165, 1.54) is 70.6 Å². The van der Waals surface area contributed by atoms with Crippen LogP contribution in [0, 0.1) is 0 Å². The molecule has 0 aliphatic heterocycles. The summed E-state index contributed by atoms with van der Waals surface area (Å²) in [6.45, 7) is 4.66. The van der Waals surface area contributed by atoms with E-state index in [0.29, 0.717) is 17.4 Å². The number of likely N-dealkylation sites (N-methyl/N-ethyl adjacent to an activating group) is 1. The molecule has 3 atom stereocenters. The maximum atomic E-state index is 13.0. The third kappa shape index (κ3) is 54.4. The summed E-state index contributed by atoms with van der Waals surface area (Å²) in [6, 6.07) is -0.870. The second-order valence-corrected chi connectivity index (χ2v) is 21.4. The Kier molecular flexibility index (Phi) is 50.1. The largest absolute Gasteiger partial charge is 0.472 e. The molecule has 0 bridgehead atoms. The molecular formula is C63H108N2O6P+. The first-order valence-corrected chi connectivity index (χ1v) is 30.1. The smallest absolute Gasteiger partial charge is 0.387 e. The minimum absolute atomic E-state index is 0.0489. The van der Waals surface area contributed by atoms with Crippen LogP contribution in [-0.4, -0.2) is 73.4 Å². The first-order chi connectivity index (χ1) is 35.0. The molecule has 0 aliphatic rings. The predicted molar refractivity (Wildman–Crippen MR) is 313 cm³/mol. The minimum Gasteiger partial charge on any atom is -0.387 e. The number of quaternary nitrogens is 1. The summed E-state index contributed by atoms with van der Waals surface area (Å²) in [5, 5.41) is 13.9. The van der Waals surface area contributed by atoms with Crippen LogP contribution in [0.25, 0.3) is 0 Å². The first kappa shape index (κ1) is 68.6. The van der Waals surface area contributed by atoms with Gasteiger partial charge in [-0.15, -0.1) is 0 Å². The van der Waals surface area contributed by atoms with Gasteiger partial charge in [0, 0.05) is 6.42 Å². The van der Waals surface area contributed by atoms with E-state index in [2.05, 4.69) is 141 Å². The second-order valence-electron chi connectivity index (χ2n) is 19.9. The van der Waals surface area contributed by atoms with E-state index in [1.807, 2.05) is 27.2 Å². The molecule has 9 heteroatoms. The number of allylic oxidation sites excluding steroid dienone is 21. The lowest BCUT2D eigenvalue weighted by Crippen LogP contribution is -2.45. The number of nitrogens with zero attached hydrogens (tertiary/aromatic N) is 1. The van der Waals surface area contributed by atoms with Crippen molar-refractivity contribution < 1.29 is 32.9 Å². The summed E-state index contributed by atoms with van der Waals surface area (Å²) in [7, 11) is 1.53. The van der Waals surface area contributed by atoms with Crippen LogP contribution in [0.5, 0.6) is 0 Å². The third-order valence-electron chi connectivity index (χ3n) is 11.9. The van der Waals surface area contributed by atoms with E-state index < -0.39 is 20.0 Å². The highest BCUT2D eigenvalue weighted by Crippen LogP contribution is 2.43. The molecule has 0 saturated heterocycles. The van der Waals surface area contributed by atoms with Crippen LogP contribution in [0.3, 0.4) is 0 Å². The van der Waals surface area contributed by atoms with Crippen LogP contribution in [0.4, 0.5) is 0 Å². The lowest BCUT2D eigenvalue weighted by Gasteiger charge is -2.25. The van der Waals surface area contributed by atoms with E-state index in [4.69, 9.17) is 9.05 Å². The number of hydrogen-bond donors (Lipinski definition) is 3. The van der Waals surface area contributed by atoms with Crippen LogP contribution in [0.2, 0.25) is 0 Å². The quantitative estimate of drug-likeness (QED) is 0.0243. The van der Waals surface area contributed by atoms with Gasteiger partial charge in [0.05, 0.1) is 39.9 Å². The number of carbonyl (C=O) groups is 1. The summed E-state index contributed by atoms with van der Waals surface area (Å²) in [5.41, 5.74) is 0. The van der Waals surface area contributed by atoms with Gasteiger partial charge < -0.3 is 19.8 Å².